The Labute approximate surface area is 71.7 Å². The predicted molar refractivity (Wildman–Crippen MR) is 52.8 cm³/mol. The van der Waals surface area contributed by atoms with Crippen molar-refractivity contribution in [1.82, 2.24) is 4.90 Å². The molecule has 0 aromatic rings. The van der Waals surface area contributed by atoms with Crippen molar-refractivity contribution in [1.29, 1.82) is 0 Å². The number of nitrogens with zero attached hydrogens (tertiary/aromatic N) is 1. The Morgan fingerprint density at radius 3 is 2.55 bits per heavy atom. The van der Waals surface area contributed by atoms with Crippen LogP contribution in [0.2, 0.25) is 0 Å². The summed E-state index contributed by atoms with van der Waals surface area (Å²) in [5.74, 6) is 0. The number of likely N-dealkylation sites (tertiary alicyclic amines) is 1. The molecule has 0 aromatic heterocycles. The van der Waals surface area contributed by atoms with E-state index in [-0.39, 0.29) is 0 Å². The van der Waals surface area contributed by atoms with Gasteiger partial charge >= 0.3 is 0 Å². The fourth-order valence-electron chi connectivity index (χ4n) is 1.64. The van der Waals surface area contributed by atoms with E-state index in [1.54, 1.807) is 0 Å². The molecule has 3 atom stereocenters. The lowest BCUT2D eigenvalue weighted by Crippen LogP contribution is -2.49. The zero-order chi connectivity index (χ0) is 8.43. The first-order valence-electron chi connectivity index (χ1n) is 4.35. The zero-order valence-corrected chi connectivity index (χ0v) is 8.61. The average molecular weight is 174 g/mol. The highest BCUT2D eigenvalue weighted by atomic mass is 31.0. The molecular weight excluding hydrogens is 155 g/mol. The van der Waals surface area contributed by atoms with Crippen LogP contribution < -0.4 is 5.73 Å². The Bertz CT molecular complexity index is 117. The first kappa shape index (κ1) is 9.44. The minimum absolute atomic E-state index is 0.383. The minimum atomic E-state index is 0.383. The maximum atomic E-state index is 5.90. The highest BCUT2D eigenvalue weighted by Crippen LogP contribution is 2.17. The molecule has 0 saturated carbocycles. The Kier molecular flexibility index (Phi) is 3.29. The van der Waals surface area contributed by atoms with E-state index in [2.05, 4.69) is 28.0 Å². The van der Waals surface area contributed by atoms with Gasteiger partial charge in [0.05, 0.1) is 0 Å². The summed E-state index contributed by atoms with van der Waals surface area (Å²) in [6, 6.07) is 1.03. The molecule has 1 saturated heterocycles. The van der Waals surface area contributed by atoms with Crippen LogP contribution in [0.1, 0.15) is 20.3 Å². The molecule has 0 radical (unpaired) electrons. The largest absolute Gasteiger partial charge is 0.327 e. The van der Waals surface area contributed by atoms with Crippen molar-refractivity contribution in [3.63, 3.8) is 0 Å². The second-order valence-corrected chi connectivity index (χ2v) is 4.75. The van der Waals surface area contributed by atoms with E-state index in [1.165, 1.54) is 6.54 Å². The monoisotopic (exact) mass is 174 g/mol. The number of hydrogen-bond acceptors (Lipinski definition) is 2. The molecule has 1 aliphatic heterocycles. The van der Waals surface area contributed by atoms with Gasteiger partial charge in [0.25, 0.3) is 0 Å². The van der Waals surface area contributed by atoms with Crippen LogP contribution in [0.3, 0.4) is 0 Å². The maximum Gasteiger partial charge on any atom is 0.0174 e. The van der Waals surface area contributed by atoms with Crippen molar-refractivity contribution in [3.8, 4) is 0 Å². The van der Waals surface area contributed by atoms with Gasteiger partial charge in [0, 0.05) is 25.2 Å². The van der Waals surface area contributed by atoms with Gasteiger partial charge in [-0.3, -0.25) is 4.90 Å². The van der Waals surface area contributed by atoms with Crippen molar-refractivity contribution in [2.45, 2.75) is 38.0 Å². The molecule has 0 amide bonds. The highest BCUT2D eigenvalue weighted by Gasteiger charge is 2.23. The summed E-state index contributed by atoms with van der Waals surface area (Å²) in [5, 5.41) is 0. The summed E-state index contributed by atoms with van der Waals surface area (Å²) in [6.07, 6.45) is 1.16. The first-order chi connectivity index (χ1) is 5.09. The summed E-state index contributed by atoms with van der Waals surface area (Å²) in [7, 11) is 2.88. The summed E-state index contributed by atoms with van der Waals surface area (Å²) in [5.41, 5.74) is 6.59. The molecule has 2 N–H and O–H groups in total. The molecule has 1 aliphatic rings. The third kappa shape index (κ3) is 2.70. The van der Waals surface area contributed by atoms with Gasteiger partial charge < -0.3 is 5.73 Å². The van der Waals surface area contributed by atoms with Crippen molar-refractivity contribution in [2.75, 3.05) is 13.1 Å². The molecule has 66 valence electrons. The van der Waals surface area contributed by atoms with E-state index in [0.29, 0.717) is 17.7 Å². The number of hydrogen-bond donors (Lipinski definition) is 1. The standard InChI is InChI=1S/C8H19N2P/c1-6(2)10-4-7(9)3-8(11)5-10/h6-8H,3-5,9,11H2,1-2H3. The minimum Gasteiger partial charge on any atom is -0.327 e. The molecule has 2 nitrogen and oxygen atoms in total. The van der Waals surface area contributed by atoms with Crippen LogP contribution in [0.5, 0.6) is 0 Å². The average Bonchev–Trinajstić information content (AvgIpc) is 1.85. The lowest BCUT2D eigenvalue weighted by Gasteiger charge is -2.37. The molecule has 1 heterocycles. The van der Waals surface area contributed by atoms with Gasteiger partial charge in [0.15, 0.2) is 0 Å². The van der Waals surface area contributed by atoms with Crippen LogP contribution in [0.25, 0.3) is 0 Å². The summed E-state index contributed by atoms with van der Waals surface area (Å²) >= 11 is 0. The number of piperidine rings is 1. The van der Waals surface area contributed by atoms with E-state index < -0.39 is 0 Å². The van der Waals surface area contributed by atoms with E-state index in [4.69, 9.17) is 5.73 Å². The molecule has 0 aromatic carbocycles. The van der Waals surface area contributed by atoms with Crippen LogP contribution in [-0.2, 0) is 0 Å². The van der Waals surface area contributed by atoms with Crippen molar-refractivity contribution in [3.05, 3.63) is 0 Å². The van der Waals surface area contributed by atoms with Crippen LogP contribution in [0.4, 0.5) is 0 Å². The molecule has 3 unspecified atom stereocenters. The quantitative estimate of drug-likeness (QED) is 0.592. The Hall–Kier alpha value is 0.350. The summed E-state index contributed by atoms with van der Waals surface area (Å²) in [4.78, 5) is 2.45. The molecule has 0 aliphatic carbocycles. The van der Waals surface area contributed by atoms with Gasteiger partial charge in [0.1, 0.15) is 0 Å². The molecular formula is C8H19N2P. The molecule has 0 bridgehead atoms. The van der Waals surface area contributed by atoms with Crippen LogP contribution in [0, 0.1) is 0 Å². The van der Waals surface area contributed by atoms with Gasteiger partial charge in [0.2, 0.25) is 0 Å². The number of nitrogens with two attached hydrogens (primary N) is 1. The zero-order valence-electron chi connectivity index (χ0n) is 7.46. The fraction of sp³-hybridized carbons (Fsp3) is 1.00. The second kappa shape index (κ2) is 3.84. The summed E-state index contributed by atoms with van der Waals surface area (Å²) < 4.78 is 0. The Morgan fingerprint density at radius 1 is 1.45 bits per heavy atom. The maximum absolute atomic E-state index is 5.90. The van der Waals surface area contributed by atoms with Crippen molar-refractivity contribution >= 4 is 9.24 Å². The Morgan fingerprint density at radius 2 is 2.09 bits per heavy atom. The van der Waals surface area contributed by atoms with Gasteiger partial charge in [-0.1, -0.05) is 0 Å². The van der Waals surface area contributed by atoms with Crippen LogP contribution in [-0.4, -0.2) is 35.7 Å². The van der Waals surface area contributed by atoms with Gasteiger partial charge in [-0.05, 0) is 25.9 Å². The third-order valence-corrected chi connectivity index (χ3v) is 2.76. The predicted octanol–water partition coefficient (Wildman–Crippen LogP) is 0.671. The molecule has 0 spiro atoms. The van der Waals surface area contributed by atoms with Gasteiger partial charge in [-0.2, -0.15) is 0 Å². The third-order valence-electron chi connectivity index (χ3n) is 2.27. The summed E-state index contributed by atoms with van der Waals surface area (Å²) in [6.45, 7) is 6.73. The lowest BCUT2D eigenvalue weighted by atomic mass is 10.0. The SMILES string of the molecule is CC(C)N1CC(N)CC(P)C1. The molecule has 3 heteroatoms. The van der Waals surface area contributed by atoms with E-state index in [1.807, 2.05) is 0 Å². The van der Waals surface area contributed by atoms with E-state index >= 15 is 0 Å². The van der Waals surface area contributed by atoms with Crippen molar-refractivity contribution in [2.24, 2.45) is 5.73 Å². The smallest absolute Gasteiger partial charge is 0.0174 e. The van der Waals surface area contributed by atoms with E-state index in [9.17, 15) is 0 Å². The molecule has 1 fully saturated rings. The second-order valence-electron chi connectivity index (χ2n) is 3.80. The first-order valence-corrected chi connectivity index (χ1v) is 5.01. The lowest BCUT2D eigenvalue weighted by molar-refractivity contribution is 0.173. The van der Waals surface area contributed by atoms with Crippen LogP contribution >= 0.6 is 9.24 Å². The number of rotatable bonds is 1. The molecule has 11 heavy (non-hydrogen) atoms. The van der Waals surface area contributed by atoms with Gasteiger partial charge in [-0.25, -0.2) is 0 Å². The van der Waals surface area contributed by atoms with Gasteiger partial charge in [-0.15, -0.1) is 9.24 Å². The van der Waals surface area contributed by atoms with E-state index in [0.717, 1.165) is 13.0 Å². The Balaban J connectivity index is 2.43. The highest BCUT2D eigenvalue weighted by molar-refractivity contribution is 7.17. The van der Waals surface area contributed by atoms with Crippen molar-refractivity contribution < 1.29 is 0 Å². The van der Waals surface area contributed by atoms with Crippen LogP contribution in [0.15, 0.2) is 0 Å². The topological polar surface area (TPSA) is 29.3 Å². The normalized spacial score (nSPS) is 34.6. The molecule has 1 rings (SSSR count). The fourth-order valence-corrected chi connectivity index (χ4v) is 2.26.